The van der Waals surface area contributed by atoms with Gasteiger partial charge in [0.1, 0.15) is 11.9 Å². The average molecular weight is 247 g/mol. The number of pyridine rings is 1. The van der Waals surface area contributed by atoms with Gasteiger partial charge in [0, 0.05) is 26.2 Å². The van der Waals surface area contributed by atoms with Gasteiger partial charge in [-0.1, -0.05) is 0 Å². The number of aromatic nitrogens is 1. The first kappa shape index (κ1) is 12.6. The molecule has 0 aromatic carbocycles. The number of nitriles is 1. The van der Waals surface area contributed by atoms with Gasteiger partial charge in [0.15, 0.2) is 0 Å². The standard InChI is InChI=1S/C12H17N5O/c13-8-10-7-11(14)9-16-12(10)15-1-2-17-3-5-18-6-4-17/h7,9H,1-6,14H2,(H,15,16). The Morgan fingerprint density at radius 3 is 3.00 bits per heavy atom. The van der Waals surface area contributed by atoms with E-state index in [2.05, 4.69) is 21.3 Å². The van der Waals surface area contributed by atoms with Crippen molar-refractivity contribution in [3.63, 3.8) is 0 Å². The first-order valence-electron chi connectivity index (χ1n) is 5.99. The van der Waals surface area contributed by atoms with Crippen LogP contribution in [0.25, 0.3) is 0 Å². The average Bonchev–Trinajstić information content (AvgIpc) is 2.41. The molecule has 0 unspecified atom stereocenters. The number of hydrogen-bond donors (Lipinski definition) is 2. The summed E-state index contributed by atoms with van der Waals surface area (Å²) in [5.41, 5.74) is 6.57. The lowest BCUT2D eigenvalue weighted by molar-refractivity contribution is 0.0398. The molecule has 0 atom stereocenters. The largest absolute Gasteiger partial charge is 0.397 e. The van der Waals surface area contributed by atoms with E-state index in [4.69, 9.17) is 15.7 Å². The summed E-state index contributed by atoms with van der Waals surface area (Å²) in [5.74, 6) is 0.597. The number of nitrogens with two attached hydrogens (primary N) is 1. The zero-order chi connectivity index (χ0) is 12.8. The van der Waals surface area contributed by atoms with Gasteiger partial charge in [-0.15, -0.1) is 0 Å². The van der Waals surface area contributed by atoms with Gasteiger partial charge in [0.25, 0.3) is 0 Å². The Hall–Kier alpha value is -1.84. The quantitative estimate of drug-likeness (QED) is 0.794. The van der Waals surface area contributed by atoms with Crippen LogP contribution in [0.1, 0.15) is 5.56 Å². The topological polar surface area (TPSA) is 87.2 Å². The molecule has 1 fully saturated rings. The molecule has 2 rings (SSSR count). The van der Waals surface area contributed by atoms with Crippen molar-refractivity contribution in [3.05, 3.63) is 17.8 Å². The van der Waals surface area contributed by atoms with Crippen LogP contribution in [0.3, 0.4) is 0 Å². The zero-order valence-electron chi connectivity index (χ0n) is 10.2. The second-order valence-corrected chi connectivity index (χ2v) is 4.16. The first-order valence-corrected chi connectivity index (χ1v) is 5.99. The van der Waals surface area contributed by atoms with Gasteiger partial charge >= 0.3 is 0 Å². The van der Waals surface area contributed by atoms with Crippen molar-refractivity contribution in [3.8, 4) is 6.07 Å². The van der Waals surface area contributed by atoms with E-state index in [1.54, 1.807) is 12.3 Å². The molecule has 1 saturated heterocycles. The Bertz CT molecular complexity index is 437. The Kier molecular flexibility index (Phi) is 4.34. The first-order chi connectivity index (χ1) is 8.79. The molecule has 3 N–H and O–H groups in total. The lowest BCUT2D eigenvalue weighted by Gasteiger charge is -2.26. The van der Waals surface area contributed by atoms with E-state index in [9.17, 15) is 0 Å². The SMILES string of the molecule is N#Cc1cc(N)cnc1NCCN1CCOCC1. The third-order valence-electron chi connectivity index (χ3n) is 2.85. The number of nitrogen functional groups attached to an aromatic ring is 1. The fraction of sp³-hybridized carbons (Fsp3) is 0.500. The van der Waals surface area contributed by atoms with Crippen molar-refractivity contribution < 1.29 is 4.74 Å². The molecule has 6 nitrogen and oxygen atoms in total. The summed E-state index contributed by atoms with van der Waals surface area (Å²) >= 11 is 0. The van der Waals surface area contributed by atoms with Crippen LogP contribution in [-0.4, -0.2) is 49.3 Å². The Morgan fingerprint density at radius 1 is 1.50 bits per heavy atom. The van der Waals surface area contributed by atoms with Crippen molar-refractivity contribution in [2.75, 3.05) is 50.4 Å². The second-order valence-electron chi connectivity index (χ2n) is 4.16. The fourth-order valence-electron chi connectivity index (χ4n) is 1.86. The minimum Gasteiger partial charge on any atom is -0.397 e. The van der Waals surface area contributed by atoms with Crippen LogP contribution in [0, 0.1) is 11.3 Å². The van der Waals surface area contributed by atoms with Crippen LogP contribution in [0.15, 0.2) is 12.3 Å². The molecule has 1 aliphatic heterocycles. The molecule has 1 aromatic rings. The number of ether oxygens (including phenoxy) is 1. The monoisotopic (exact) mass is 247 g/mol. The highest BCUT2D eigenvalue weighted by molar-refractivity contribution is 5.57. The molecular formula is C12H17N5O. The predicted octanol–water partition coefficient (Wildman–Crippen LogP) is 0.280. The Morgan fingerprint density at radius 2 is 2.28 bits per heavy atom. The summed E-state index contributed by atoms with van der Waals surface area (Å²) in [4.78, 5) is 6.45. The second kappa shape index (κ2) is 6.19. The van der Waals surface area contributed by atoms with E-state index < -0.39 is 0 Å². The molecule has 96 valence electrons. The van der Waals surface area contributed by atoms with E-state index in [1.165, 1.54) is 0 Å². The molecule has 1 aliphatic rings. The maximum absolute atomic E-state index is 8.98. The van der Waals surface area contributed by atoms with Gasteiger partial charge < -0.3 is 15.8 Å². The predicted molar refractivity (Wildman–Crippen MR) is 69.1 cm³/mol. The number of hydrogen-bond acceptors (Lipinski definition) is 6. The third kappa shape index (κ3) is 3.32. The summed E-state index contributed by atoms with van der Waals surface area (Å²) < 4.78 is 5.28. The van der Waals surface area contributed by atoms with Crippen LogP contribution < -0.4 is 11.1 Å². The third-order valence-corrected chi connectivity index (χ3v) is 2.85. The molecule has 0 aliphatic carbocycles. The maximum atomic E-state index is 8.98. The number of anilines is 2. The minimum absolute atomic E-state index is 0.483. The number of nitrogens with zero attached hydrogens (tertiary/aromatic N) is 3. The number of morpholine rings is 1. The van der Waals surface area contributed by atoms with Gasteiger partial charge in [0.2, 0.25) is 0 Å². The lowest BCUT2D eigenvalue weighted by Crippen LogP contribution is -2.39. The lowest BCUT2D eigenvalue weighted by atomic mass is 10.2. The van der Waals surface area contributed by atoms with Gasteiger partial charge in [0.05, 0.1) is 30.7 Å². The van der Waals surface area contributed by atoms with E-state index >= 15 is 0 Å². The minimum atomic E-state index is 0.483. The van der Waals surface area contributed by atoms with Crippen molar-refractivity contribution in [2.24, 2.45) is 0 Å². The molecule has 0 saturated carbocycles. The van der Waals surface area contributed by atoms with E-state index in [1.807, 2.05) is 0 Å². The molecule has 0 radical (unpaired) electrons. The van der Waals surface area contributed by atoms with E-state index in [0.717, 1.165) is 39.4 Å². The fourth-order valence-corrected chi connectivity index (χ4v) is 1.86. The highest BCUT2D eigenvalue weighted by atomic mass is 16.5. The van der Waals surface area contributed by atoms with Crippen molar-refractivity contribution in [2.45, 2.75) is 0 Å². The number of rotatable bonds is 4. The summed E-state index contributed by atoms with van der Waals surface area (Å²) in [5, 5.41) is 12.1. The van der Waals surface area contributed by atoms with Crippen LogP contribution in [0.4, 0.5) is 11.5 Å². The van der Waals surface area contributed by atoms with Crippen LogP contribution in [0.2, 0.25) is 0 Å². The van der Waals surface area contributed by atoms with Crippen molar-refractivity contribution in [1.82, 2.24) is 9.88 Å². The van der Waals surface area contributed by atoms with Gasteiger partial charge in [-0.05, 0) is 6.07 Å². The van der Waals surface area contributed by atoms with Crippen LogP contribution in [0.5, 0.6) is 0 Å². The van der Waals surface area contributed by atoms with Gasteiger partial charge in [-0.3, -0.25) is 4.90 Å². The smallest absolute Gasteiger partial charge is 0.144 e. The summed E-state index contributed by atoms with van der Waals surface area (Å²) in [6.45, 7) is 5.18. The van der Waals surface area contributed by atoms with Gasteiger partial charge in [-0.2, -0.15) is 5.26 Å². The zero-order valence-corrected chi connectivity index (χ0v) is 10.2. The van der Waals surface area contributed by atoms with Crippen molar-refractivity contribution >= 4 is 11.5 Å². The highest BCUT2D eigenvalue weighted by Crippen LogP contribution is 2.13. The maximum Gasteiger partial charge on any atom is 0.144 e. The van der Waals surface area contributed by atoms with E-state index in [-0.39, 0.29) is 0 Å². The molecule has 1 aromatic heterocycles. The molecule has 2 heterocycles. The van der Waals surface area contributed by atoms with Crippen LogP contribution in [-0.2, 0) is 4.74 Å². The summed E-state index contributed by atoms with van der Waals surface area (Å²) in [6, 6.07) is 3.72. The molecular weight excluding hydrogens is 230 g/mol. The molecule has 0 spiro atoms. The van der Waals surface area contributed by atoms with Crippen molar-refractivity contribution in [1.29, 1.82) is 5.26 Å². The molecule has 0 bridgehead atoms. The molecule has 0 amide bonds. The summed E-state index contributed by atoms with van der Waals surface area (Å²) in [7, 11) is 0. The van der Waals surface area contributed by atoms with Crippen LogP contribution >= 0.6 is 0 Å². The highest BCUT2D eigenvalue weighted by Gasteiger charge is 2.10. The van der Waals surface area contributed by atoms with E-state index in [0.29, 0.717) is 17.1 Å². The Balaban J connectivity index is 1.84. The molecule has 18 heavy (non-hydrogen) atoms. The molecule has 6 heteroatoms. The van der Waals surface area contributed by atoms with Gasteiger partial charge in [-0.25, -0.2) is 4.98 Å². The normalized spacial score (nSPS) is 16.2. The number of nitrogens with one attached hydrogen (secondary N) is 1. The Labute approximate surface area is 106 Å². The summed E-state index contributed by atoms with van der Waals surface area (Å²) in [6.07, 6.45) is 1.55.